The van der Waals surface area contributed by atoms with Crippen LogP contribution in [-0.4, -0.2) is 44.5 Å². The third-order valence-corrected chi connectivity index (χ3v) is 5.14. The molecule has 0 spiro atoms. The van der Waals surface area contributed by atoms with E-state index in [1.807, 2.05) is 0 Å². The van der Waals surface area contributed by atoms with Crippen molar-refractivity contribution in [1.29, 1.82) is 0 Å². The zero-order chi connectivity index (χ0) is 24.9. The number of carbonyl (C=O) groups is 3. The number of hydrogen-bond acceptors (Lipinski definition) is 6. The molecule has 0 aliphatic rings. The van der Waals surface area contributed by atoms with E-state index in [0.717, 1.165) is 24.5 Å². The summed E-state index contributed by atoms with van der Waals surface area (Å²) in [5, 5.41) is 2.26. The number of nitrogens with one attached hydrogen (secondary N) is 2. The number of ketones is 1. The Kier molecular flexibility index (Phi) is 8.26. The van der Waals surface area contributed by atoms with Gasteiger partial charge in [0.25, 0.3) is 5.91 Å². The fourth-order valence-electron chi connectivity index (χ4n) is 2.88. The van der Waals surface area contributed by atoms with Crippen LogP contribution in [0.4, 0.5) is 14.5 Å². The Hall–Kier alpha value is -3.34. The normalized spacial score (nSPS) is 13.2. The first-order valence-electron chi connectivity index (χ1n) is 9.87. The van der Waals surface area contributed by atoms with Gasteiger partial charge in [-0.05, 0) is 49.2 Å². The molecule has 0 bridgehead atoms. The van der Waals surface area contributed by atoms with Crippen molar-refractivity contribution in [3.05, 3.63) is 65.2 Å². The maximum absolute atomic E-state index is 13.9. The Morgan fingerprint density at radius 3 is 1.97 bits per heavy atom. The number of anilines is 1. The average molecular weight is 483 g/mol. The maximum atomic E-state index is 13.9. The van der Waals surface area contributed by atoms with Crippen molar-refractivity contribution in [2.75, 3.05) is 11.0 Å². The number of hydrogen-bond donors (Lipinski definition) is 2. The number of carbonyl (C=O) groups excluding carboxylic acids is 3. The SMILES string of the molecule is CC(C)[C@H](NC(=O)c1c(F)cccc1F)C(=O)O[C@H](C)C(=O)c1ccc(NS(C)(=O)=O)cc1. The summed E-state index contributed by atoms with van der Waals surface area (Å²) in [5.41, 5.74) is -0.419. The van der Waals surface area contributed by atoms with Crippen molar-refractivity contribution < 1.29 is 36.3 Å². The van der Waals surface area contributed by atoms with Crippen LogP contribution < -0.4 is 10.0 Å². The fourth-order valence-corrected chi connectivity index (χ4v) is 3.44. The van der Waals surface area contributed by atoms with Gasteiger partial charge in [-0.3, -0.25) is 14.3 Å². The summed E-state index contributed by atoms with van der Waals surface area (Å²) in [7, 11) is -3.48. The number of ether oxygens (including phenoxy) is 1. The van der Waals surface area contributed by atoms with Gasteiger partial charge < -0.3 is 10.1 Å². The molecule has 0 heterocycles. The summed E-state index contributed by atoms with van der Waals surface area (Å²) in [5.74, 6) is -5.33. The molecule has 33 heavy (non-hydrogen) atoms. The molecule has 11 heteroatoms. The highest BCUT2D eigenvalue weighted by molar-refractivity contribution is 7.92. The summed E-state index contributed by atoms with van der Waals surface area (Å²) in [4.78, 5) is 37.6. The summed E-state index contributed by atoms with van der Waals surface area (Å²) in [6.07, 6.45) is -0.257. The fraction of sp³-hybridized carbons (Fsp3) is 0.318. The highest BCUT2D eigenvalue weighted by atomic mass is 32.2. The molecule has 1 amide bonds. The molecule has 2 rings (SSSR count). The van der Waals surface area contributed by atoms with Crippen molar-refractivity contribution in [3.8, 4) is 0 Å². The second-order valence-corrected chi connectivity index (χ2v) is 9.44. The molecule has 8 nitrogen and oxygen atoms in total. The van der Waals surface area contributed by atoms with E-state index in [4.69, 9.17) is 4.74 Å². The molecule has 2 aromatic rings. The minimum Gasteiger partial charge on any atom is -0.453 e. The van der Waals surface area contributed by atoms with Crippen LogP contribution in [0.3, 0.4) is 0 Å². The Bertz CT molecular complexity index is 1130. The molecule has 0 aliphatic carbocycles. The Labute approximate surface area is 190 Å². The quantitative estimate of drug-likeness (QED) is 0.419. The van der Waals surface area contributed by atoms with E-state index < -0.39 is 62.9 Å². The van der Waals surface area contributed by atoms with Gasteiger partial charge in [0.2, 0.25) is 15.8 Å². The zero-order valence-corrected chi connectivity index (χ0v) is 19.2. The first-order valence-corrected chi connectivity index (χ1v) is 11.8. The maximum Gasteiger partial charge on any atom is 0.329 e. The Morgan fingerprint density at radius 2 is 1.48 bits per heavy atom. The van der Waals surface area contributed by atoms with Crippen LogP contribution in [0.15, 0.2) is 42.5 Å². The monoisotopic (exact) mass is 482 g/mol. The minimum absolute atomic E-state index is 0.160. The van der Waals surface area contributed by atoms with Crippen LogP contribution in [0.2, 0.25) is 0 Å². The second-order valence-electron chi connectivity index (χ2n) is 7.69. The Balaban J connectivity index is 2.10. The number of amides is 1. The van der Waals surface area contributed by atoms with Crippen LogP contribution in [0, 0.1) is 17.6 Å². The van der Waals surface area contributed by atoms with E-state index in [9.17, 15) is 31.6 Å². The molecular weight excluding hydrogens is 458 g/mol. The van der Waals surface area contributed by atoms with E-state index in [1.165, 1.54) is 31.2 Å². The third kappa shape index (κ3) is 7.07. The van der Waals surface area contributed by atoms with E-state index in [0.29, 0.717) is 0 Å². The van der Waals surface area contributed by atoms with Gasteiger partial charge in [-0.1, -0.05) is 19.9 Å². The second kappa shape index (κ2) is 10.5. The molecule has 178 valence electrons. The summed E-state index contributed by atoms with van der Waals surface area (Å²) in [6, 6.07) is 7.15. The molecule has 2 N–H and O–H groups in total. The van der Waals surface area contributed by atoms with Crippen LogP contribution >= 0.6 is 0 Å². The standard InChI is InChI=1S/C22H24F2N2O6S/c1-12(2)19(25-21(28)18-16(23)6-5-7-17(18)24)22(29)32-13(3)20(27)14-8-10-15(11-9-14)26-33(4,30)31/h5-13,19,26H,1-4H3,(H,25,28)/t13-,19+/m1/s1. The van der Waals surface area contributed by atoms with Gasteiger partial charge in [-0.15, -0.1) is 0 Å². The lowest BCUT2D eigenvalue weighted by molar-refractivity contribution is -0.149. The first-order chi connectivity index (χ1) is 15.3. The number of halogens is 2. The number of rotatable bonds is 9. The summed E-state index contributed by atoms with van der Waals surface area (Å²) < 4.78 is 57.7. The van der Waals surface area contributed by atoms with E-state index >= 15 is 0 Å². The molecule has 0 aromatic heterocycles. The van der Waals surface area contributed by atoms with Crippen LogP contribution in [0.1, 0.15) is 41.5 Å². The topological polar surface area (TPSA) is 119 Å². The van der Waals surface area contributed by atoms with Crippen molar-refractivity contribution in [1.82, 2.24) is 5.32 Å². The predicted molar refractivity (Wildman–Crippen MR) is 117 cm³/mol. The summed E-state index contributed by atoms with van der Waals surface area (Å²) >= 11 is 0. The molecule has 0 aliphatic heterocycles. The molecule has 0 saturated carbocycles. The van der Waals surface area contributed by atoms with Crippen molar-refractivity contribution in [3.63, 3.8) is 0 Å². The van der Waals surface area contributed by atoms with Crippen molar-refractivity contribution >= 4 is 33.4 Å². The predicted octanol–water partition coefficient (Wildman–Crippen LogP) is 2.91. The molecule has 0 radical (unpaired) electrons. The first kappa shape index (κ1) is 25.9. The minimum atomic E-state index is -3.48. The van der Waals surface area contributed by atoms with Crippen LogP contribution in [-0.2, 0) is 19.6 Å². The molecule has 0 unspecified atom stereocenters. The number of Topliss-reactive ketones (excluding diaryl/α,β-unsaturated/α-hetero) is 1. The smallest absolute Gasteiger partial charge is 0.329 e. The van der Waals surface area contributed by atoms with Crippen molar-refractivity contribution in [2.45, 2.75) is 32.9 Å². The van der Waals surface area contributed by atoms with Gasteiger partial charge in [-0.2, -0.15) is 0 Å². The lowest BCUT2D eigenvalue weighted by Crippen LogP contribution is -2.47. The molecule has 2 aromatic carbocycles. The zero-order valence-electron chi connectivity index (χ0n) is 18.4. The van der Waals surface area contributed by atoms with Crippen LogP contribution in [0.5, 0.6) is 0 Å². The molecule has 0 fully saturated rings. The van der Waals surface area contributed by atoms with Gasteiger partial charge in [-0.25, -0.2) is 22.0 Å². The number of benzene rings is 2. The van der Waals surface area contributed by atoms with Gasteiger partial charge in [0.15, 0.2) is 6.10 Å². The highest BCUT2D eigenvalue weighted by Crippen LogP contribution is 2.16. The number of sulfonamides is 1. The molecular formula is C22H24F2N2O6S. The lowest BCUT2D eigenvalue weighted by Gasteiger charge is -2.23. The largest absolute Gasteiger partial charge is 0.453 e. The van der Waals surface area contributed by atoms with Crippen molar-refractivity contribution in [2.24, 2.45) is 5.92 Å². The van der Waals surface area contributed by atoms with Gasteiger partial charge in [0, 0.05) is 11.3 Å². The van der Waals surface area contributed by atoms with Gasteiger partial charge in [0.05, 0.1) is 6.26 Å². The van der Waals surface area contributed by atoms with E-state index in [2.05, 4.69) is 10.0 Å². The van der Waals surface area contributed by atoms with Crippen LogP contribution in [0.25, 0.3) is 0 Å². The Morgan fingerprint density at radius 1 is 0.939 bits per heavy atom. The summed E-state index contributed by atoms with van der Waals surface area (Å²) in [6.45, 7) is 4.51. The third-order valence-electron chi connectivity index (χ3n) is 4.53. The van der Waals surface area contributed by atoms with E-state index in [1.54, 1.807) is 13.8 Å². The highest BCUT2D eigenvalue weighted by Gasteiger charge is 2.31. The van der Waals surface area contributed by atoms with Gasteiger partial charge >= 0.3 is 5.97 Å². The van der Waals surface area contributed by atoms with Gasteiger partial charge in [0.1, 0.15) is 23.2 Å². The molecule has 2 atom stereocenters. The van der Waals surface area contributed by atoms with E-state index in [-0.39, 0.29) is 11.3 Å². The number of esters is 1. The molecule has 0 saturated heterocycles. The lowest BCUT2D eigenvalue weighted by atomic mass is 10.0. The average Bonchev–Trinajstić information content (AvgIpc) is 2.70.